The first-order valence-electron chi connectivity index (χ1n) is 9.06. The zero-order valence-electron chi connectivity index (χ0n) is 16.6. The fourth-order valence-electron chi connectivity index (χ4n) is 2.47. The van der Waals surface area contributed by atoms with Crippen molar-refractivity contribution < 1.29 is 23.8 Å². The molecule has 0 aliphatic heterocycles. The predicted molar refractivity (Wildman–Crippen MR) is 105 cm³/mol. The predicted octanol–water partition coefficient (Wildman–Crippen LogP) is 2.70. The molecule has 0 saturated heterocycles. The number of amides is 2. The maximum atomic E-state index is 12.1. The van der Waals surface area contributed by atoms with Crippen molar-refractivity contribution in [1.29, 1.82) is 0 Å². The zero-order valence-corrected chi connectivity index (χ0v) is 16.6. The maximum absolute atomic E-state index is 12.1. The summed E-state index contributed by atoms with van der Waals surface area (Å²) in [4.78, 5) is 23.9. The lowest BCUT2D eigenvalue weighted by molar-refractivity contribution is -0.133. The molecule has 2 N–H and O–H groups in total. The summed E-state index contributed by atoms with van der Waals surface area (Å²) in [6, 6.07) is 12.6. The van der Waals surface area contributed by atoms with Crippen molar-refractivity contribution in [2.75, 3.05) is 13.2 Å². The Hall–Kier alpha value is -3.22. The Bertz CT molecular complexity index is 785. The van der Waals surface area contributed by atoms with Crippen molar-refractivity contribution in [1.82, 2.24) is 10.9 Å². The minimum absolute atomic E-state index is 0.211. The van der Waals surface area contributed by atoms with E-state index >= 15 is 0 Å². The van der Waals surface area contributed by atoms with Gasteiger partial charge in [0.25, 0.3) is 11.8 Å². The largest absolute Gasteiger partial charge is 0.494 e. The molecule has 0 unspecified atom stereocenters. The number of benzene rings is 2. The molecule has 2 aromatic rings. The molecule has 7 heteroatoms. The Morgan fingerprint density at radius 3 is 2.11 bits per heavy atom. The van der Waals surface area contributed by atoms with Crippen molar-refractivity contribution >= 4 is 11.8 Å². The topological polar surface area (TPSA) is 85.9 Å². The summed E-state index contributed by atoms with van der Waals surface area (Å²) in [5, 5.41) is 0. The van der Waals surface area contributed by atoms with Gasteiger partial charge in [-0.1, -0.05) is 6.07 Å². The lowest BCUT2D eigenvalue weighted by Crippen LogP contribution is -2.48. The normalized spacial score (nSPS) is 11.3. The third kappa shape index (κ3) is 6.83. The average Bonchev–Trinajstić information content (AvgIpc) is 2.65. The number of carbonyl (C=O) groups is 2. The first-order chi connectivity index (χ1) is 13.4. The van der Waals surface area contributed by atoms with Crippen molar-refractivity contribution in [3.05, 3.63) is 53.6 Å². The van der Waals surface area contributed by atoms with Gasteiger partial charge in [-0.05, 0) is 75.2 Å². The van der Waals surface area contributed by atoms with Gasteiger partial charge in [-0.2, -0.15) is 0 Å². The van der Waals surface area contributed by atoms with Crippen LogP contribution in [-0.4, -0.2) is 31.1 Å². The number of carbonyl (C=O) groups excluding carboxylic acids is 2. The van der Waals surface area contributed by atoms with E-state index < -0.39 is 17.9 Å². The molecule has 7 nitrogen and oxygen atoms in total. The second kappa shape index (κ2) is 10.2. The Morgan fingerprint density at radius 2 is 1.50 bits per heavy atom. The van der Waals surface area contributed by atoms with Gasteiger partial charge in [0.15, 0.2) is 12.7 Å². The summed E-state index contributed by atoms with van der Waals surface area (Å²) in [5.74, 6) is 0.902. The first-order valence-corrected chi connectivity index (χ1v) is 9.06. The molecule has 0 saturated carbocycles. The third-order valence-electron chi connectivity index (χ3n) is 3.71. The standard InChI is InChI=1S/C21H26N2O5/c1-5-26-17-6-8-18(9-7-17)28-16(4)21(25)23-22-20(24)13-27-19-11-14(2)10-15(3)12-19/h6-12,16H,5,13H2,1-4H3,(H,22,24)(H,23,25)/t16-/m0/s1. The molecular formula is C21H26N2O5. The second-order valence-corrected chi connectivity index (χ2v) is 6.31. The number of nitrogens with one attached hydrogen (secondary N) is 2. The number of ether oxygens (including phenoxy) is 3. The molecule has 0 radical (unpaired) electrons. The van der Waals surface area contributed by atoms with Gasteiger partial charge in [0.05, 0.1) is 6.61 Å². The Balaban J connectivity index is 1.74. The van der Waals surface area contributed by atoms with Gasteiger partial charge < -0.3 is 14.2 Å². The fourth-order valence-corrected chi connectivity index (χ4v) is 2.47. The number of hydrogen-bond acceptors (Lipinski definition) is 5. The van der Waals surface area contributed by atoms with E-state index in [4.69, 9.17) is 14.2 Å². The average molecular weight is 386 g/mol. The highest BCUT2D eigenvalue weighted by molar-refractivity contribution is 5.85. The smallest absolute Gasteiger partial charge is 0.279 e. The number of rotatable bonds is 8. The highest BCUT2D eigenvalue weighted by Crippen LogP contribution is 2.18. The highest BCUT2D eigenvalue weighted by atomic mass is 16.5. The maximum Gasteiger partial charge on any atom is 0.279 e. The quantitative estimate of drug-likeness (QED) is 0.682. The van der Waals surface area contributed by atoms with Crippen LogP contribution in [0.1, 0.15) is 25.0 Å². The molecule has 0 aliphatic rings. The fraction of sp³-hybridized carbons (Fsp3) is 0.333. The molecule has 0 heterocycles. The second-order valence-electron chi connectivity index (χ2n) is 6.31. The number of hydrogen-bond donors (Lipinski definition) is 2. The SMILES string of the molecule is CCOc1ccc(O[C@@H](C)C(=O)NNC(=O)COc2cc(C)cc(C)c2)cc1. The zero-order chi connectivity index (χ0) is 20.5. The monoisotopic (exact) mass is 386 g/mol. The molecule has 2 rings (SSSR count). The van der Waals surface area contributed by atoms with Crippen LogP contribution in [0.5, 0.6) is 17.2 Å². The molecule has 150 valence electrons. The van der Waals surface area contributed by atoms with Crippen molar-refractivity contribution in [2.45, 2.75) is 33.8 Å². The van der Waals surface area contributed by atoms with E-state index in [2.05, 4.69) is 10.9 Å². The Morgan fingerprint density at radius 1 is 0.893 bits per heavy atom. The van der Waals surface area contributed by atoms with Crippen LogP contribution >= 0.6 is 0 Å². The third-order valence-corrected chi connectivity index (χ3v) is 3.71. The van der Waals surface area contributed by atoms with Crippen molar-refractivity contribution in [3.8, 4) is 17.2 Å². The van der Waals surface area contributed by atoms with Crippen LogP contribution in [0, 0.1) is 13.8 Å². The van der Waals surface area contributed by atoms with E-state index in [0.717, 1.165) is 16.9 Å². The lowest BCUT2D eigenvalue weighted by Gasteiger charge is -2.15. The van der Waals surface area contributed by atoms with Gasteiger partial charge >= 0.3 is 0 Å². The van der Waals surface area contributed by atoms with E-state index in [1.165, 1.54) is 0 Å². The van der Waals surface area contributed by atoms with Crippen molar-refractivity contribution in [2.24, 2.45) is 0 Å². The molecule has 2 aromatic carbocycles. The van der Waals surface area contributed by atoms with E-state index in [0.29, 0.717) is 18.1 Å². The molecule has 0 aliphatic carbocycles. The van der Waals surface area contributed by atoms with E-state index in [1.54, 1.807) is 31.2 Å². The molecule has 0 bridgehead atoms. The Kier molecular flexibility index (Phi) is 7.68. The minimum atomic E-state index is -0.793. The molecule has 28 heavy (non-hydrogen) atoms. The number of hydrazine groups is 1. The van der Waals surface area contributed by atoms with Crippen LogP contribution in [-0.2, 0) is 9.59 Å². The molecule has 0 aromatic heterocycles. The summed E-state index contributed by atoms with van der Waals surface area (Å²) in [5.41, 5.74) is 6.73. The molecular weight excluding hydrogens is 360 g/mol. The Labute approximate surface area is 165 Å². The van der Waals surface area contributed by atoms with E-state index in [-0.39, 0.29) is 6.61 Å². The van der Waals surface area contributed by atoms with Gasteiger partial charge in [-0.3, -0.25) is 20.4 Å². The van der Waals surface area contributed by atoms with E-state index in [1.807, 2.05) is 39.0 Å². The van der Waals surface area contributed by atoms with Crippen LogP contribution in [0.15, 0.2) is 42.5 Å². The van der Waals surface area contributed by atoms with E-state index in [9.17, 15) is 9.59 Å². The van der Waals surface area contributed by atoms with Crippen LogP contribution in [0.25, 0.3) is 0 Å². The first kappa shape index (κ1) is 21.1. The molecule has 2 amide bonds. The molecule has 1 atom stereocenters. The summed E-state index contributed by atoms with van der Waals surface area (Å²) >= 11 is 0. The van der Waals surface area contributed by atoms with Crippen LogP contribution < -0.4 is 25.1 Å². The number of aryl methyl sites for hydroxylation is 2. The lowest BCUT2D eigenvalue weighted by atomic mass is 10.1. The summed E-state index contributed by atoms with van der Waals surface area (Å²) in [7, 11) is 0. The van der Waals surface area contributed by atoms with Gasteiger partial charge in [-0.15, -0.1) is 0 Å². The van der Waals surface area contributed by atoms with Gasteiger partial charge in [0, 0.05) is 0 Å². The molecule has 0 spiro atoms. The highest BCUT2D eigenvalue weighted by Gasteiger charge is 2.15. The van der Waals surface area contributed by atoms with Crippen LogP contribution in [0.2, 0.25) is 0 Å². The summed E-state index contributed by atoms with van der Waals surface area (Å²) in [6.07, 6.45) is -0.793. The van der Waals surface area contributed by atoms with Gasteiger partial charge in [-0.25, -0.2) is 0 Å². The molecule has 0 fully saturated rings. The van der Waals surface area contributed by atoms with Crippen LogP contribution in [0.4, 0.5) is 0 Å². The van der Waals surface area contributed by atoms with Gasteiger partial charge in [0.1, 0.15) is 17.2 Å². The van der Waals surface area contributed by atoms with Crippen LogP contribution in [0.3, 0.4) is 0 Å². The van der Waals surface area contributed by atoms with Gasteiger partial charge in [0.2, 0.25) is 0 Å². The minimum Gasteiger partial charge on any atom is -0.494 e. The summed E-state index contributed by atoms with van der Waals surface area (Å²) in [6.45, 7) is 7.75. The van der Waals surface area contributed by atoms with Crippen molar-refractivity contribution in [3.63, 3.8) is 0 Å². The summed E-state index contributed by atoms with van der Waals surface area (Å²) < 4.78 is 16.3.